The van der Waals surface area contributed by atoms with Crippen LogP contribution in [0, 0.1) is 0 Å². The fourth-order valence-corrected chi connectivity index (χ4v) is 3.16. The van der Waals surface area contributed by atoms with Crippen LogP contribution in [0.4, 0.5) is 0 Å². The Hall–Kier alpha value is -2.14. The van der Waals surface area contributed by atoms with E-state index in [9.17, 15) is 13.2 Å². The van der Waals surface area contributed by atoms with Crippen LogP contribution in [0.5, 0.6) is 5.75 Å². The maximum absolute atomic E-state index is 12.3. The molecule has 0 aliphatic rings. The first-order chi connectivity index (χ1) is 11.3. The summed E-state index contributed by atoms with van der Waals surface area (Å²) in [5, 5.41) is 0. The van der Waals surface area contributed by atoms with Crippen molar-refractivity contribution in [1.82, 2.24) is 0 Å². The summed E-state index contributed by atoms with van der Waals surface area (Å²) < 4.78 is 29.8. The zero-order valence-corrected chi connectivity index (χ0v) is 15.0. The van der Waals surface area contributed by atoms with Crippen LogP contribution < -0.4 is 4.18 Å². The molecule has 24 heavy (non-hydrogen) atoms. The topological polar surface area (TPSA) is 60.4 Å². The third-order valence-corrected chi connectivity index (χ3v) is 4.99. The number of carbonyl (C=O) groups is 1. The molecule has 0 saturated carbocycles. The molecule has 0 N–H and O–H groups in total. The smallest absolute Gasteiger partial charge is 0.339 e. The van der Waals surface area contributed by atoms with Crippen molar-refractivity contribution in [2.45, 2.75) is 44.4 Å². The van der Waals surface area contributed by atoms with Gasteiger partial charge in [0.05, 0.1) is 0 Å². The number of aryl methyl sites for hydroxylation is 1. The summed E-state index contributed by atoms with van der Waals surface area (Å²) in [5.41, 5.74) is 2.04. The van der Waals surface area contributed by atoms with Gasteiger partial charge in [0.15, 0.2) is 0 Å². The summed E-state index contributed by atoms with van der Waals surface area (Å²) in [6.45, 7) is 5.65. The number of Topliss-reactive ketones (excluding diaryl/α,β-unsaturated/α-hetero) is 1. The Morgan fingerprint density at radius 1 is 1.00 bits per heavy atom. The van der Waals surface area contributed by atoms with E-state index in [1.807, 2.05) is 13.8 Å². The number of rotatable bonds is 7. The van der Waals surface area contributed by atoms with Gasteiger partial charge in [-0.2, -0.15) is 8.42 Å². The van der Waals surface area contributed by atoms with Gasteiger partial charge in [-0.1, -0.05) is 38.1 Å². The Kier molecular flexibility index (Phi) is 5.78. The van der Waals surface area contributed by atoms with Gasteiger partial charge in [0.25, 0.3) is 0 Å². The molecule has 0 aromatic heterocycles. The molecule has 0 spiro atoms. The lowest BCUT2D eigenvalue weighted by Crippen LogP contribution is -2.10. The van der Waals surface area contributed by atoms with Gasteiger partial charge in [-0.25, -0.2) is 0 Å². The van der Waals surface area contributed by atoms with E-state index < -0.39 is 10.1 Å². The molecule has 0 aliphatic heterocycles. The Morgan fingerprint density at radius 2 is 1.58 bits per heavy atom. The number of ketones is 1. The van der Waals surface area contributed by atoms with Crippen molar-refractivity contribution in [2.24, 2.45) is 0 Å². The lowest BCUT2D eigenvalue weighted by Gasteiger charge is -2.09. The first-order valence-corrected chi connectivity index (χ1v) is 9.31. The molecule has 0 aliphatic carbocycles. The zero-order chi connectivity index (χ0) is 17.7. The van der Waals surface area contributed by atoms with Gasteiger partial charge in [0.2, 0.25) is 0 Å². The predicted molar refractivity (Wildman–Crippen MR) is 93.8 cm³/mol. The quantitative estimate of drug-likeness (QED) is 0.708. The van der Waals surface area contributed by atoms with Crippen LogP contribution in [0.15, 0.2) is 53.4 Å². The van der Waals surface area contributed by atoms with Crippen LogP contribution in [-0.2, 0) is 21.3 Å². The summed E-state index contributed by atoms with van der Waals surface area (Å²) in [5.74, 6) is 0.725. The van der Waals surface area contributed by atoms with E-state index in [0.717, 1.165) is 11.1 Å². The summed E-state index contributed by atoms with van der Waals surface area (Å²) in [7, 11) is -3.85. The van der Waals surface area contributed by atoms with Gasteiger partial charge >= 0.3 is 10.1 Å². The van der Waals surface area contributed by atoms with E-state index in [1.165, 1.54) is 0 Å². The molecule has 2 aromatic rings. The summed E-state index contributed by atoms with van der Waals surface area (Å²) in [6.07, 6.45) is 1.11. The fraction of sp³-hybridized carbons (Fsp3) is 0.316. The summed E-state index contributed by atoms with van der Waals surface area (Å²) in [6, 6.07) is 13.5. The third-order valence-electron chi connectivity index (χ3n) is 3.73. The molecular formula is C19H22O4S. The number of carbonyl (C=O) groups excluding carboxylic acids is 1. The molecule has 0 heterocycles. The van der Waals surface area contributed by atoms with E-state index in [4.69, 9.17) is 4.18 Å². The van der Waals surface area contributed by atoms with Crippen molar-refractivity contribution in [2.75, 3.05) is 0 Å². The molecule has 0 atom stereocenters. The van der Waals surface area contributed by atoms with Crippen molar-refractivity contribution < 1.29 is 17.4 Å². The maximum atomic E-state index is 12.3. The van der Waals surface area contributed by atoms with Crippen LogP contribution in [0.25, 0.3) is 0 Å². The van der Waals surface area contributed by atoms with E-state index >= 15 is 0 Å². The second-order valence-electron chi connectivity index (χ2n) is 6.11. The van der Waals surface area contributed by atoms with E-state index in [1.54, 1.807) is 55.5 Å². The monoisotopic (exact) mass is 346 g/mol. The molecule has 2 aromatic carbocycles. The molecule has 0 bridgehead atoms. The summed E-state index contributed by atoms with van der Waals surface area (Å²) >= 11 is 0. The molecule has 2 rings (SSSR count). The molecule has 0 saturated heterocycles. The number of hydrogen-bond acceptors (Lipinski definition) is 4. The van der Waals surface area contributed by atoms with E-state index in [2.05, 4.69) is 0 Å². The van der Waals surface area contributed by atoms with Gasteiger partial charge in [0.1, 0.15) is 16.4 Å². The largest absolute Gasteiger partial charge is 0.379 e. The van der Waals surface area contributed by atoms with Crippen molar-refractivity contribution in [3.05, 3.63) is 59.7 Å². The highest BCUT2D eigenvalue weighted by molar-refractivity contribution is 7.87. The first kappa shape index (κ1) is 18.2. The Balaban J connectivity index is 2.09. The molecule has 0 unspecified atom stereocenters. The highest BCUT2D eigenvalue weighted by atomic mass is 32.2. The second-order valence-corrected chi connectivity index (χ2v) is 7.65. The van der Waals surface area contributed by atoms with E-state index in [-0.39, 0.29) is 16.4 Å². The molecular weight excluding hydrogens is 324 g/mol. The standard InChI is InChI=1S/C19H22O4S/c1-14(2)17-8-12-19(13-9-17)24(21,22)23-18-10-6-16(7-11-18)5-4-15(3)20/h6-14H,4-5H2,1-3H3. The molecule has 4 nitrogen and oxygen atoms in total. The van der Waals surface area contributed by atoms with Crippen LogP contribution >= 0.6 is 0 Å². The first-order valence-electron chi connectivity index (χ1n) is 7.91. The van der Waals surface area contributed by atoms with Crippen molar-refractivity contribution in [3.8, 4) is 5.75 Å². The molecule has 128 valence electrons. The average molecular weight is 346 g/mol. The van der Waals surface area contributed by atoms with Gasteiger partial charge in [-0.05, 0) is 54.7 Å². The second kappa shape index (κ2) is 7.62. The lowest BCUT2D eigenvalue weighted by molar-refractivity contribution is -0.116. The van der Waals surface area contributed by atoms with E-state index in [0.29, 0.717) is 18.8 Å². The Morgan fingerprint density at radius 3 is 2.08 bits per heavy atom. The lowest BCUT2D eigenvalue weighted by atomic mass is 10.0. The van der Waals surface area contributed by atoms with Crippen LogP contribution in [-0.4, -0.2) is 14.2 Å². The summed E-state index contributed by atoms with van der Waals surface area (Å²) in [4.78, 5) is 11.1. The van der Waals surface area contributed by atoms with Gasteiger partial charge in [-0.3, -0.25) is 0 Å². The maximum Gasteiger partial charge on any atom is 0.339 e. The SMILES string of the molecule is CC(=O)CCc1ccc(OS(=O)(=O)c2ccc(C(C)C)cc2)cc1. The van der Waals surface area contributed by atoms with Gasteiger partial charge < -0.3 is 8.98 Å². The third kappa shape index (κ3) is 4.93. The van der Waals surface area contributed by atoms with Crippen molar-refractivity contribution in [1.29, 1.82) is 0 Å². The molecule has 0 amide bonds. The average Bonchev–Trinajstić information content (AvgIpc) is 2.54. The minimum absolute atomic E-state index is 0.128. The normalized spacial score (nSPS) is 11.5. The van der Waals surface area contributed by atoms with Crippen LogP contribution in [0.3, 0.4) is 0 Å². The predicted octanol–water partition coefficient (Wildman–Crippen LogP) is 4.10. The van der Waals surface area contributed by atoms with Crippen LogP contribution in [0.1, 0.15) is 44.2 Å². The Bertz CT molecular complexity index is 788. The molecule has 0 radical (unpaired) electrons. The number of hydrogen-bond donors (Lipinski definition) is 0. The van der Waals surface area contributed by atoms with Crippen LogP contribution in [0.2, 0.25) is 0 Å². The van der Waals surface area contributed by atoms with Crippen molar-refractivity contribution >= 4 is 15.9 Å². The van der Waals surface area contributed by atoms with Gasteiger partial charge in [0, 0.05) is 6.42 Å². The van der Waals surface area contributed by atoms with Crippen molar-refractivity contribution in [3.63, 3.8) is 0 Å². The molecule has 5 heteroatoms. The van der Waals surface area contributed by atoms with Gasteiger partial charge in [-0.15, -0.1) is 0 Å². The zero-order valence-electron chi connectivity index (χ0n) is 14.2. The fourth-order valence-electron chi connectivity index (χ4n) is 2.23. The molecule has 0 fully saturated rings. The highest BCUT2D eigenvalue weighted by Gasteiger charge is 2.16. The number of benzene rings is 2. The minimum atomic E-state index is -3.85. The Labute approximate surface area is 143 Å². The highest BCUT2D eigenvalue weighted by Crippen LogP contribution is 2.22. The minimum Gasteiger partial charge on any atom is -0.379 e.